The highest BCUT2D eigenvalue weighted by Gasteiger charge is 2.05. The van der Waals surface area contributed by atoms with E-state index >= 15 is 0 Å². The first-order valence-electron chi connectivity index (χ1n) is 7.82. The second-order valence-electron chi connectivity index (χ2n) is 5.62. The molecule has 0 saturated heterocycles. The third kappa shape index (κ3) is 5.08. The van der Waals surface area contributed by atoms with E-state index in [1.807, 2.05) is 30.3 Å². The molecule has 2 aromatic rings. The minimum Gasteiger partial charge on any atom is -0.508 e. The summed E-state index contributed by atoms with van der Waals surface area (Å²) in [7, 11) is 1.71. The van der Waals surface area contributed by atoms with Crippen LogP contribution in [0.4, 0.5) is 0 Å². The predicted molar refractivity (Wildman–Crippen MR) is 90.6 cm³/mol. The van der Waals surface area contributed by atoms with Crippen molar-refractivity contribution in [3.8, 4) is 11.5 Å². The highest BCUT2D eigenvalue weighted by atomic mass is 16.5. The SMILES string of the molecule is COc1ccccc1CCN[C@H](C)CCc1ccc(O)cc1. The number of methoxy groups -OCH3 is 1. The summed E-state index contributed by atoms with van der Waals surface area (Å²) < 4.78 is 5.37. The quantitative estimate of drug-likeness (QED) is 0.783. The molecular formula is C19H25NO2. The molecule has 3 heteroatoms. The van der Waals surface area contributed by atoms with Gasteiger partial charge in [-0.05, 0) is 62.1 Å². The maximum Gasteiger partial charge on any atom is 0.122 e. The van der Waals surface area contributed by atoms with Crippen LogP contribution in [0.2, 0.25) is 0 Å². The van der Waals surface area contributed by atoms with E-state index in [1.54, 1.807) is 19.2 Å². The number of rotatable bonds is 8. The van der Waals surface area contributed by atoms with E-state index in [0.717, 1.165) is 31.6 Å². The van der Waals surface area contributed by atoms with Crippen LogP contribution < -0.4 is 10.1 Å². The molecule has 0 unspecified atom stereocenters. The number of aryl methyl sites for hydroxylation is 1. The van der Waals surface area contributed by atoms with Gasteiger partial charge in [-0.2, -0.15) is 0 Å². The van der Waals surface area contributed by atoms with Crippen molar-refractivity contribution in [3.05, 3.63) is 59.7 Å². The predicted octanol–water partition coefficient (Wildman–Crippen LogP) is 3.55. The minimum absolute atomic E-state index is 0.326. The zero-order valence-electron chi connectivity index (χ0n) is 13.4. The molecule has 118 valence electrons. The molecule has 0 aromatic heterocycles. The number of benzene rings is 2. The Morgan fingerprint density at radius 2 is 1.77 bits per heavy atom. The summed E-state index contributed by atoms with van der Waals surface area (Å²) in [6, 6.07) is 16.1. The molecule has 0 bridgehead atoms. The van der Waals surface area contributed by atoms with Gasteiger partial charge in [0.1, 0.15) is 11.5 Å². The average Bonchev–Trinajstić information content (AvgIpc) is 2.55. The van der Waals surface area contributed by atoms with E-state index in [9.17, 15) is 5.11 Å². The molecule has 2 aromatic carbocycles. The second kappa shape index (κ2) is 8.44. The highest BCUT2D eigenvalue weighted by molar-refractivity contribution is 5.33. The van der Waals surface area contributed by atoms with E-state index in [4.69, 9.17) is 4.74 Å². The minimum atomic E-state index is 0.326. The van der Waals surface area contributed by atoms with Crippen molar-refractivity contribution >= 4 is 0 Å². The Morgan fingerprint density at radius 3 is 2.50 bits per heavy atom. The lowest BCUT2D eigenvalue weighted by Crippen LogP contribution is -2.28. The summed E-state index contributed by atoms with van der Waals surface area (Å²) in [4.78, 5) is 0. The summed E-state index contributed by atoms with van der Waals surface area (Å²) in [6.07, 6.45) is 3.06. The molecule has 0 aliphatic rings. The van der Waals surface area contributed by atoms with Gasteiger partial charge in [0.25, 0.3) is 0 Å². The molecule has 2 N–H and O–H groups in total. The fourth-order valence-corrected chi connectivity index (χ4v) is 2.51. The van der Waals surface area contributed by atoms with Crippen LogP contribution in [0.5, 0.6) is 11.5 Å². The first-order chi connectivity index (χ1) is 10.7. The van der Waals surface area contributed by atoms with Gasteiger partial charge in [-0.25, -0.2) is 0 Å². The molecular weight excluding hydrogens is 274 g/mol. The smallest absolute Gasteiger partial charge is 0.122 e. The van der Waals surface area contributed by atoms with Gasteiger partial charge >= 0.3 is 0 Å². The molecule has 0 aliphatic carbocycles. The van der Waals surface area contributed by atoms with Crippen LogP contribution in [-0.2, 0) is 12.8 Å². The van der Waals surface area contributed by atoms with Gasteiger partial charge < -0.3 is 15.2 Å². The molecule has 3 nitrogen and oxygen atoms in total. The Morgan fingerprint density at radius 1 is 1.05 bits per heavy atom. The summed E-state index contributed by atoms with van der Waals surface area (Å²) >= 11 is 0. The van der Waals surface area contributed by atoms with Crippen LogP contribution in [-0.4, -0.2) is 24.8 Å². The first kappa shape index (κ1) is 16.4. The van der Waals surface area contributed by atoms with Crippen LogP contribution in [0.15, 0.2) is 48.5 Å². The van der Waals surface area contributed by atoms with E-state index in [2.05, 4.69) is 18.3 Å². The number of phenols is 1. The number of hydrogen-bond acceptors (Lipinski definition) is 3. The van der Waals surface area contributed by atoms with Gasteiger partial charge in [-0.3, -0.25) is 0 Å². The molecule has 0 spiro atoms. The van der Waals surface area contributed by atoms with Crippen LogP contribution in [0.3, 0.4) is 0 Å². The second-order valence-corrected chi connectivity index (χ2v) is 5.62. The molecule has 0 fully saturated rings. The lowest BCUT2D eigenvalue weighted by atomic mass is 10.1. The molecule has 1 atom stereocenters. The Bertz CT molecular complexity index is 566. The molecule has 2 rings (SSSR count). The Balaban J connectivity index is 1.71. The number of hydrogen-bond donors (Lipinski definition) is 2. The van der Waals surface area contributed by atoms with Crippen molar-refractivity contribution in [2.24, 2.45) is 0 Å². The van der Waals surface area contributed by atoms with Crippen molar-refractivity contribution in [2.45, 2.75) is 32.2 Å². The maximum absolute atomic E-state index is 9.28. The number of nitrogens with one attached hydrogen (secondary N) is 1. The Hall–Kier alpha value is -2.00. The molecule has 22 heavy (non-hydrogen) atoms. The standard InChI is InChI=1S/C19H25NO2/c1-15(7-8-16-9-11-18(21)12-10-16)20-14-13-17-5-3-4-6-19(17)22-2/h3-6,9-12,15,20-21H,7-8,13-14H2,1-2H3/t15-/m1/s1. The molecule has 0 heterocycles. The number of ether oxygens (including phenoxy) is 1. The average molecular weight is 299 g/mol. The summed E-state index contributed by atoms with van der Waals surface area (Å²) in [5, 5.41) is 12.8. The third-order valence-corrected chi connectivity index (χ3v) is 3.88. The number of para-hydroxylation sites is 1. The summed E-state index contributed by atoms with van der Waals surface area (Å²) in [6.45, 7) is 3.15. The first-order valence-corrected chi connectivity index (χ1v) is 7.82. The zero-order chi connectivity index (χ0) is 15.8. The van der Waals surface area contributed by atoms with E-state index < -0.39 is 0 Å². The van der Waals surface area contributed by atoms with Crippen molar-refractivity contribution in [1.29, 1.82) is 0 Å². The Labute approximate surface area is 133 Å². The summed E-state index contributed by atoms with van der Waals surface area (Å²) in [5.41, 5.74) is 2.50. The monoisotopic (exact) mass is 299 g/mol. The lowest BCUT2D eigenvalue weighted by Gasteiger charge is -2.15. The van der Waals surface area contributed by atoms with Gasteiger partial charge in [0.05, 0.1) is 7.11 Å². The van der Waals surface area contributed by atoms with Gasteiger partial charge in [0.2, 0.25) is 0 Å². The van der Waals surface area contributed by atoms with Crippen molar-refractivity contribution < 1.29 is 9.84 Å². The number of phenolic OH excluding ortho intramolecular Hbond substituents is 1. The van der Waals surface area contributed by atoms with Crippen molar-refractivity contribution in [1.82, 2.24) is 5.32 Å². The Kier molecular flexibility index (Phi) is 6.28. The largest absolute Gasteiger partial charge is 0.508 e. The fourth-order valence-electron chi connectivity index (χ4n) is 2.51. The molecule has 0 amide bonds. The van der Waals surface area contributed by atoms with Crippen LogP contribution >= 0.6 is 0 Å². The van der Waals surface area contributed by atoms with Gasteiger partial charge in [-0.15, -0.1) is 0 Å². The van der Waals surface area contributed by atoms with Crippen LogP contribution in [0, 0.1) is 0 Å². The van der Waals surface area contributed by atoms with Crippen molar-refractivity contribution in [2.75, 3.05) is 13.7 Å². The molecule has 0 aliphatic heterocycles. The summed E-state index contributed by atoms with van der Waals surface area (Å²) in [5.74, 6) is 1.28. The molecule has 0 radical (unpaired) electrons. The van der Waals surface area contributed by atoms with Crippen molar-refractivity contribution in [3.63, 3.8) is 0 Å². The van der Waals surface area contributed by atoms with Gasteiger partial charge in [0.15, 0.2) is 0 Å². The van der Waals surface area contributed by atoms with E-state index in [1.165, 1.54) is 11.1 Å². The van der Waals surface area contributed by atoms with E-state index in [-0.39, 0.29) is 0 Å². The third-order valence-electron chi connectivity index (χ3n) is 3.88. The normalized spacial score (nSPS) is 12.1. The van der Waals surface area contributed by atoms with E-state index in [0.29, 0.717) is 11.8 Å². The van der Waals surface area contributed by atoms with Crippen LogP contribution in [0.25, 0.3) is 0 Å². The lowest BCUT2D eigenvalue weighted by molar-refractivity contribution is 0.408. The topological polar surface area (TPSA) is 41.5 Å². The highest BCUT2D eigenvalue weighted by Crippen LogP contribution is 2.17. The maximum atomic E-state index is 9.28. The van der Waals surface area contributed by atoms with Gasteiger partial charge in [-0.1, -0.05) is 30.3 Å². The van der Waals surface area contributed by atoms with Gasteiger partial charge in [0, 0.05) is 6.04 Å². The zero-order valence-corrected chi connectivity index (χ0v) is 13.4. The molecule has 0 saturated carbocycles. The fraction of sp³-hybridized carbons (Fsp3) is 0.368. The number of aromatic hydroxyl groups is 1. The van der Waals surface area contributed by atoms with Crippen LogP contribution in [0.1, 0.15) is 24.5 Å².